The average molecular weight is 353 g/mol. The summed E-state index contributed by atoms with van der Waals surface area (Å²) in [6.07, 6.45) is 2.16. The Labute approximate surface area is 150 Å². The zero-order chi connectivity index (χ0) is 17.2. The topological polar surface area (TPSA) is 59.2 Å². The normalized spacial score (nSPS) is 15.5. The van der Waals surface area contributed by atoms with Gasteiger partial charge >= 0.3 is 0 Å². The Morgan fingerprint density at radius 3 is 2.68 bits per heavy atom. The molecule has 0 N–H and O–H groups in total. The number of likely N-dealkylation sites (tertiary alicyclic amines) is 1. The van der Waals surface area contributed by atoms with Crippen LogP contribution in [0.5, 0.6) is 0 Å². The molecule has 1 fully saturated rings. The number of nitrogens with zero attached hydrogens (tertiary/aromatic N) is 3. The lowest BCUT2D eigenvalue weighted by atomic mass is 9.99. The van der Waals surface area contributed by atoms with Crippen molar-refractivity contribution in [3.63, 3.8) is 0 Å². The molecule has 1 amide bonds. The number of aromatic nitrogens is 2. The molecule has 0 aliphatic carbocycles. The van der Waals surface area contributed by atoms with Gasteiger partial charge in [-0.15, -0.1) is 11.3 Å². The summed E-state index contributed by atoms with van der Waals surface area (Å²) in [5.41, 5.74) is 0.886. The first kappa shape index (κ1) is 16.0. The van der Waals surface area contributed by atoms with Crippen LogP contribution in [0, 0.1) is 5.92 Å². The quantitative estimate of drug-likeness (QED) is 0.703. The van der Waals surface area contributed by atoms with E-state index in [-0.39, 0.29) is 5.91 Å². The number of benzene rings is 1. The fourth-order valence-electron chi connectivity index (χ4n) is 2.96. The number of thiophene rings is 1. The molecule has 1 aliphatic rings. The maximum absolute atomic E-state index is 12.6. The molecule has 0 radical (unpaired) electrons. The van der Waals surface area contributed by atoms with Gasteiger partial charge in [0, 0.05) is 18.7 Å². The van der Waals surface area contributed by atoms with Crippen molar-refractivity contribution >= 4 is 17.2 Å². The zero-order valence-electron chi connectivity index (χ0n) is 14.0. The summed E-state index contributed by atoms with van der Waals surface area (Å²) in [6.45, 7) is 3.92. The summed E-state index contributed by atoms with van der Waals surface area (Å²) < 4.78 is 5.35. The highest BCUT2D eigenvalue weighted by Gasteiger charge is 2.23. The molecule has 25 heavy (non-hydrogen) atoms. The summed E-state index contributed by atoms with van der Waals surface area (Å²) in [4.78, 5) is 20.6. The SMILES string of the molecule is CC1CCN(C(=O)c2ccc(-c3noc(-c4ccccc4)n3)s2)CC1. The minimum Gasteiger partial charge on any atom is -0.338 e. The van der Waals surface area contributed by atoms with Crippen molar-refractivity contribution in [1.82, 2.24) is 15.0 Å². The number of carbonyl (C=O) groups is 1. The second-order valence-electron chi connectivity index (χ2n) is 6.43. The van der Waals surface area contributed by atoms with Crippen molar-refractivity contribution in [3.05, 3.63) is 47.3 Å². The van der Waals surface area contributed by atoms with E-state index in [9.17, 15) is 4.79 Å². The molecule has 2 aromatic heterocycles. The smallest absolute Gasteiger partial charge is 0.263 e. The van der Waals surface area contributed by atoms with Gasteiger partial charge in [0.1, 0.15) is 0 Å². The first-order valence-electron chi connectivity index (χ1n) is 8.49. The maximum atomic E-state index is 12.6. The van der Waals surface area contributed by atoms with Gasteiger partial charge in [-0.3, -0.25) is 4.79 Å². The summed E-state index contributed by atoms with van der Waals surface area (Å²) in [6, 6.07) is 13.4. The lowest BCUT2D eigenvalue weighted by molar-refractivity contribution is 0.0702. The zero-order valence-corrected chi connectivity index (χ0v) is 14.8. The van der Waals surface area contributed by atoms with Gasteiger partial charge in [0.2, 0.25) is 5.82 Å². The van der Waals surface area contributed by atoms with Gasteiger partial charge in [0.25, 0.3) is 11.8 Å². The van der Waals surface area contributed by atoms with Crippen LogP contribution >= 0.6 is 11.3 Å². The van der Waals surface area contributed by atoms with E-state index in [1.807, 2.05) is 47.4 Å². The monoisotopic (exact) mass is 353 g/mol. The van der Waals surface area contributed by atoms with Crippen molar-refractivity contribution in [2.45, 2.75) is 19.8 Å². The third-order valence-electron chi connectivity index (χ3n) is 4.55. The van der Waals surface area contributed by atoms with Crippen LogP contribution in [0.2, 0.25) is 0 Å². The van der Waals surface area contributed by atoms with Gasteiger partial charge in [-0.2, -0.15) is 4.98 Å². The van der Waals surface area contributed by atoms with Gasteiger partial charge in [0.05, 0.1) is 9.75 Å². The third kappa shape index (κ3) is 3.35. The molecule has 0 unspecified atom stereocenters. The number of amides is 1. The highest BCUT2D eigenvalue weighted by atomic mass is 32.1. The molecule has 3 heterocycles. The average Bonchev–Trinajstić information content (AvgIpc) is 3.32. The van der Waals surface area contributed by atoms with E-state index in [0.29, 0.717) is 17.6 Å². The van der Waals surface area contributed by atoms with Crippen LogP contribution < -0.4 is 0 Å². The molecule has 1 aromatic carbocycles. The Kier molecular flexibility index (Phi) is 4.36. The number of piperidine rings is 1. The largest absolute Gasteiger partial charge is 0.338 e. The molecule has 1 aliphatic heterocycles. The highest BCUT2D eigenvalue weighted by Crippen LogP contribution is 2.29. The number of carbonyl (C=O) groups excluding carboxylic acids is 1. The minimum absolute atomic E-state index is 0.106. The fourth-order valence-corrected chi connectivity index (χ4v) is 3.86. The summed E-state index contributed by atoms with van der Waals surface area (Å²) in [7, 11) is 0. The second kappa shape index (κ2) is 6.80. The molecule has 6 heteroatoms. The van der Waals surface area contributed by atoms with Crippen LogP contribution in [0.4, 0.5) is 0 Å². The predicted octanol–water partition coefficient (Wildman–Crippen LogP) is 4.34. The molecular weight excluding hydrogens is 334 g/mol. The van der Waals surface area contributed by atoms with Gasteiger partial charge in [-0.25, -0.2) is 0 Å². The molecule has 4 rings (SSSR count). The van der Waals surface area contributed by atoms with Crippen LogP contribution in [-0.4, -0.2) is 34.0 Å². The third-order valence-corrected chi connectivity index (χ3v) is 5.62. The Morgan fingerprint density at radius 1 is 1.16 bits per heavy atom. The van der Waals surface area contributed by atoms with Crippen molar-refractivity contribution < 1.29 is 9.32 Å². The van der Waals surface area contributed by atoms with Crippen molar-refractivity contribution in [1.29, 1.82) is 0 Å². The number of hydrogen-bond acceptors (Lipinski definition) is 5. The van der Waals surface area contributed by atoms with E-state index < -0.39 is 0 Å². The van der Waals surface area contributed by atoms with E-state index in [1.165, 1.54) is 11.3 Å². The predicted molar refractivity (Wildman–Crippen MR) is 97.3 cm³/mol. The maximum Gasteiger partial charge on any atom is 0.263 e. The van der Waals surface area contributed by atoms with Crippen molar-refractivity contribution in [3.8, 4) is 22.2 Å². The first-order valence-corrected chi connectivity index (χ1v) is 9.31. The van der Waals surface area contributed by atoms with E-state index in [1.54, 1.807) is 0 Å². The molecule has 0 saturated carbocycles. The Morgan fingerprint density at radius 2 is 1.92 bits per heavy atom. The molecule has 1 saturated heterocycles. The van der Waals surface area contributed by atoms with E-state index in [2.05, 4.69) is 17.1 Å². The lowest BCUT2D eigenvalue weighted by Crippen LogP contribution is -2.37. The molecular formula is C19H19N3O2S. The Bertz CT molecular complexity index is 864. The standard InChI is InChI=1S/C19H19N3O2S/c1-13-9-11-22(12-10-13)19(23)16-8-7-15(25-16)17-20-18(24-21-17)14-5-3-2-4-6-14/h2-8,13H,9-12H2,1H3. The lowest BCUT2D eigenvalue weighted by Gasteiger charge is -2.29. The van der Waals surface area contributed by atoms with Crippen molar-refractivity contribution in [2.75, 3.05) is 13.1 Å². The molecule has 5 nitrogen and oxygen atoms in total. The van der Waals surface area contributed by atoms with Gasteiger partial charge in [0.15, 0.2) is 0 Å². The fraction of sp³-hybridized carbons (Fsp3) is 0.316. The van der Waals surface area contributed by atoms with Gasteiger partial charge in [-0.05, 0) is 43.0 Å². The van der Waals surface area contributed by atoms with Crippen LogP contribution in [0.15, 0.2) is 47.0 Å². The number of rotatable bonds is 3. The van der Waals surface area contributed by atoms with Crippen LogP contribution in [0.1, 0.15) is 29.4 Å². The summed E-state index contributed by atoms with van der Waals surface area (Å²) in [5, 5.41) is 4.06. The van der Waals surface area contributed by atoms with Crippen LogP contribution in [0.25, 0.3) is 22.2 Å². The molecule has 0 bridgehead atoms. The second-order valence-corrected chi connectivity index (χ2v) is 7.51. The molecule has 128 valence electrons. The van der Waals surface area contributed by atoms with E-state index >= 15 is 0 Å². The van der Waals surface area contributed by atoms with E-state index in [0.717, 1.165) is 41.2 Å². The molecule has 3 aromatic rings. The Balaban J connectivity index is 1.52. The summed E-state index contributed by atoms with van der Waals surface area (Å²) in [5.74, 6) is 1.82. The highest BCUT2D eigenvalue weighted by molar-refractivity contribution is 7.17. The van der Waals surface area contributed by atoms with Crippen molar-refractivity contribution in [2.24, 2.45) is 5.92 Å². The van der Waals surface area contributed by atoms with E-state index in [4.69, 9.17) is 4.52 Å². The minimum atomic E-state index is 0.106. The number of hydrogen-bond donors (Lipinski definition) is 0. The molecule has 0 atom stereocenters. The first-order chi connectivity index (χ1) is 12.2. The van der Waals surface area contributed by atoms with Crippen LogP contribution in [0.3, 0.4) is 0 Å². The molecule has 0 spiro atoms. The van der Waals surface area contributed by atoms with Crippen LogP contribution in [-0.2, 0) is 0 Å². The van der Waals surface area contributed by atoms with Gasteiger partial charge in [-0.1, -0.05) is 30.3 Å². The summed E-state index contributed by atoms with van der Waals surface area (Å²) >= 11 is 1.42. The van der Waals surface area contributed by atoms with Gasteiger partial charge < -0.3 is 9.42 Å². The Hall–Kier alpha value is -2.47.